The van der Waals surface area contributed by atoms with Gasteiger partial charge in [-0.3, -0.25) is 14.2 Å². The largest absolute Gasteiger partial charge is 0.381 e. The average Bonchev–Trinajstić information content (AvgIpc) is 3.29. The van der Waals surface area contributed by atoms with Crippen LogP contribution in [0.5, 0.6) is 0 Å². The number of hydrogen-bond donors (Lipinski definition) is 2. The number of halogens is 1. The van der Waals surface area contributed by atoms with E-state index in [1.807, 2.05) is 25.3 Å². The summed E-state index contributed by atoms with van der Waals surface area (Å²) in [6.07, 6.45) is 3.24. The number of imidazole rings is 1. The van der Waals surface area contributed by atoms with E-state index in [4.69, 9.17) is 5.41 Å². The third-order valence-corrected chi connectivity index (χ3v) is 6.52. The average molecular weight is 468 g/mol. The number of fused-ring (bicyclic) bond motifs is 3. The fourth-order valence-electron chi connectivity index (χ4n) is 4.75. The number of nitrogens with zero attached hydrogens (tertiary/aromatic N) is 4. The molecule has 9 heteroatoms. The topological polar surface area (TPSA) is 103 Å². The summed E-state index contributed by atoms with van der Waals surface area (Å²) in [6, 6.07) is 5.73. The maximum absolute atomic E-state index is 13.3. The van der Waals surface area contributed by atoms with Gasteiger partial charge in [0.05, 0.1) is 18.5 Å². The molecule has 1 fully saturated rings. The molecule has 34 heavy (non-hydrogen) atoms. The maximum Gasteiger partial charge on any atom is 0.274 e. The Labute approximate surface area is 198 Å². The molecular weight excluding hydrogens is 437 g/mol. The number of benzene rings is 1. The number of nitrogens with one attached hydrogen (secondary N) is 1. The molecule has 3 heterocycles. The summed E-state index contributed by atoms with van der Waals surface area (Å²) in [5, 5.41) is 18.8. The lowest BCUT2D eigenvalue weighted by Crippen LogP contribution is -2.62. The normalized spacial score (nSPS) is 20.6. The van der Waals surface area contributed by atoms with Crippen LogP contribution in [0.3, 0.4) is 0 Å². The van der Waals surface area contributed by atoms with Gasteiger partial charge in [-0.15, -0.1) is 0 Å². The number of aliphatic hydroxyl groups is 1. The second-order valence-corrected chi connectivity index (χ2v) is 9.94. The third-order valence-electron chi connectivity index (χ3n) is 6.52. The second-order valence-electron chi connectivity index (χ2n) is 9.94. The van der Waals surface area contributed by atoms with Gasteiger partial charge in [0.1, 0.15) is 28.6 Å². The van der Waals surface area contributed by atoms with Crippen LogP contribution < -0.4 is 0 Å². The number of aromatic nitrogens is 2. The predicted octanol–water partition coefficient (Wildman–Crippen LogP) is 2.87. The first-order valence-corrected chi connectivity index (χ1v) is 11.3. The summed E-state index contributed by atoms with van der Waals surface area (Å²) in [7, 11) is 0. The zero-order valence-electron chi connectivity index (χ0n) is 20.1. The lowest BCUT2D eigenvalue weighted by molar-refractivity contribution is -0.154. The Kier molecular flexibility index (Phi) is 5.72. The van der Waals surface area contributed by atoms with E-state index >= 15 is 0 Å². The van der Waals surface area contributed by atoms with Gasteiger partial charge in [-0.05, 0) is 68.2 Å². The fraction of sp³-hybridized carbons (Fsp3) is 0.440. The van der Waals surface area contributed by atoms with Crippen LogP contribution >= 0.6 is 0 Å². The van der Waals surface area contributed by atoms with Crippen LogP contribution in [0.2, 0.25) is 0 Å². The van der Waals surface area contributed by atoms with E-state index in [0.717, 1.165) is 5.57 Å². The molecule has 1 aromatic carbocycles. The highest BCUT2D eigenvalue weighted by Gasteiger charge is 2.52. The van der Waals surface area contributed by atoms with E-state index in [0.29, 0.717) is 30.2 Å². The minimum absolute atomic E-state index is 0.0299. The molecule has 0 spiro atoms. The van der Waals surface area contributed by atoms with E-state index in [-0.39, 0.29) is 29.9 Å². The molecule has 4 rings (SSSR count). The number of piperazine rings is 1. The van der Waals surface area contributed by atoms with E-state index in [1.54, 1.807) is 34.2 Å². The quantitative estimate of drug-likeness (QED) is 0.660. The van der Waals surface area contributed by atoms with Crippen molar-refractivity contribution in [2.45, 2.75) is 45.9 Å². The number of amides is 2. The molecule has 1 unspecified atom stereocenters. The van der Waals surface area contributed by atoms with Gasteiger partial charge in [0.15, 0.2) is 0 Å². The molecule has 1 atom stereocenters. The standard InChI is InChI=1S/C25H30FN5O3/c1-15(2)18(12-19(27)16-6-8-17(26)9-7-16)21-28-13-20-22(32)30-11-10-29(23(33)24(3,4)34)14-25(30,5)31(20)21/h6-9,12-13,15,27,34H,10-11,14H2,1-5H3. The fourth-order valence-corrected chi connectivity index (χ4v) is 4.75. The minimum Gasteiger partial charge on any atom is -0.381 e. The summed E-state index contributed by atoms with van der Waals surface area (Å²) >= 11 is 0. The van der Waals surface area contributed by atoms with Gasteiger partial charge in [0.25, 0.3) is 11.8 Å². The summed E-state index contributed by atoms with van der Waals surface area (Å²) in [5.41, 5.74) is -0.457. The molecular formula is C25H30FN5O3. The second kappa shape index (κ2) is 8.16. The molecule has 180 valence electrons. The van der Waals surface area contributed by atoms with Crippen LogP contribution in [-0.4, -0.2) is 67.2 Å². The number of allylic oxidation sites excluding steroid dienone is 2. The van der Waals surface area contributed by atoms with Crippen molar-refractivity contribution in [2.24, 2.45) is 5.92 Å². The van der Waals surface area contributed by atoms with Crippen LogP contribution in [0, 0.1) is 17.1 Å². The van der Waals surface area contributed by atoms with Crippen molar-refractivity contribution in [2.75, 3.05) is 19.6 Å². The van der Waals surface area contributed by atoms with Gasteiger partial charge in [-0.25, -0.2) is 9.37 Å². The number of hydrogen-bond acceptors (Lipinski definition) is 5. The van der Waals surface area contributed by atoms with Gasteiger partial charge in [-0.1, -0.05) is 13.8 Å². The molecule has 2 N–H and O–H groups in total. The number of carbonyl (C=O) groups excluding carboxylic acids is 2. The van der Waals surface area contributed by atoms with Crippen LogP contribution in [0.1, 0.15) is 56.5 Å². The van der Waals surface area contributed by atoms with Crippen LogP contribution in [0.4, 0.5) is 4.39 Å². The predicted molar refractivity (Wildman–Crippen MR) is 126 cm³/mol. The van der Waals surface area contributed by atoms with Crippen molar-refractivity contribution in [1.29, 1.82) is 5.41 Å². The van der Waals surface area contributed by atoms with Crippen LogP contribution in [-0.2, 0) is 10.5 Å². The Hall–Kier alpha value is -3.33. The van der Waals surface area contributed by atoms with Gasteiger partial charge in [0.2, 0.25) is 0 Å². The van der Waals surface area contributed by atoms with Crippen molar-refractivity contribution >= 4 is 23.1 Å². The Morgan fingerprint density at radius 2 is 1.91 bits per heavy atom. The molecule has 2 aliphatic heterocycles. The lowest BCUT2D eigenvalue weighted by atomic mass is 9.97. The smallest absolute Gasteiger partial charge is 0.274 e. The molecule has 2 aliphatic rings. The van der Waals surface area contributed by atoms with Crippen molar-refractivity contribution < 1.29 is 19.1 Å². The molecule has 2 aromatic rings. The highest BCUT2D eigenvalue weighted by molar-refractivity contribution is 6.10. The van der Waals surface area contributed by atoms with Crippen molar-refractivity contribution in [3.05, 3.63) is 59.4 Å². The Morgan fingerprint density at radius 3 is 2.50 bits per heavy atom. The lowest BCUT2D eigenvalue weighted by Gasteiger charge is -2.47. The highest BCUT2D eigenvalue weighted by Crippen LogP contribution is 2.40. The summed E-state index contributed by atoms with van der Waals surface area (Å²) in [6.45, 7) is 9.64. The number of carbonyl (C=O) groups is 2. The third kappa shape index (κ3) is 3.83. The Morgan fingerprint density at radius 1 is 1.26 bits per heavy atom. The van der Waals surface area contributed by atoms with E-state index in [2.05, 4.69) is 4.98 Å². The molecule has 0 aliphatic carbocycles. The Balaban J connectivity index is 1.77. The zero-order chi connectivity index (χ0) is 25.0. The molecule has 0 bridgehead atoms. The molecule has 0 radical (unpaired) electrons. The van der Waals surface area contributed by atoms with Crippen molar-refractivity contribution in [3.8, 4) is 0 Å². The molecule has 8 nitrogen and oxygen atoms in total. The summed E-state index contributed by atoms with van der Waals surface area (Å²) in [4.78, 5) is 33.9. The van der Waals surface area contributed by atoms with Gasteiger partial charge < -0.3 is 20.3 Å². The summed E-state index contributed by atoms with van der Waals surface area (Å²) in [5.74, 6) is -0.405. The number of rotatable bonds is 5. The van der Waals surface area contributed by atoms with E-state index < -0.39 is 17.2 Å². The van der Waals surface area contributed by atoms with E-state index in [9.17, 15) is 19.1 Å². The highest BCUT2D eigenvalue weighted by atomic mass is 19.1. The van der Waals surface area contributed by atoms with Gasteiger partial charge in [-0.2, -0.15) is 0 Å². The molecule has 0 saturated carbocycles. The van der Waals surface area contributed by atoms with Crippen LogP contribution in [0.25, 0.3) is 5.57 Å². The molecule has 1 aromatic heterocycles. The van der Waals surface area contributed by atoms with Crippen molar-refractivity contribution in [1.82, 2.24) is 19.4 Å². The molecule has 2 amide bonds. The van der Waals surface area contributed by atoms with Gasteiger partial charge in [0, 0.05) is 13.1 Å². The first-order chi connectivity index (χ1) is 15.8. The summed E-state index contributed by atoms with van der Waals surface area (Å²) < 4.78 is 15.2. The van der Waals surface area contributed by atoms with Crippen molar-refractivity contribution in [3.63, 3.8) is 0 Å². The zero-order valence-corrected chi connectivity index (χ0v) is 20.1. The van der Waals surface area contributed by atoms with E-state index in [1.165, 1.54) is 26.0 Å². The maximum atomic E-state index is 13.3. The first kappa shape index (κ1) is 23.8. The minimum atomic E-state index is -1.52. The monoisotopic (exact) mass is 467 g/mol. The first-order valence-electron chi connectivity index (χ1n) is 11.3. The van der Waals surface area contributed by atoms with Crippen LogP contribution in [0.15, 0.2) is 36.5 Å². The molecule has 1 saturated heterocycles. The SMILES string of the molecule is CC(C)C(=CC(=N)c1ccc(F)cc1)c1ncc2n1C1(C)CN(C(=O)C(C)(C)O)CCN1C2=O. The Bertz CT molecular complexity index is 1190. The van der Waals surface area contributed by atoms with Gasteiger partial charge >= 0.3 is 0 Å².